The first-order chi connectivity index (χ1) is 9.04. The Morgan fingerprint density at radius 1 is 1.32 bits per heavy atom. The Labute approximate surface area is 111 Å². The topological polar surface area (TPSA) is 75.4 Å². The zero-order valence-corrected chi connectivity index (χ0v) is 10.7. The monoisotopic (exact) mass is 266 g/mol. The lowest BCUT2D eigenvalue weighted by Crippen LogP contribution is -2.36. The standard InChI is InChI=1S/C14H19FN2O2/c15-11-5-9(6-13(18)7-11)8-17-12-3-1-10(2-4-12)14(16)19/h5-7,10,12,17-18H,1-4,8H2,(H2,16,19). The zero-order chi connectivity index (χ0) is 13.8. The van der Waals surface area contributed by atoms with E-state index in [0.717, 1.165) is 37.3 Å². The van der Waals surface area contributed by atoms with E-state index in [4.69, 9.17) is 5.73 Å². The fourth-order valence-corrected chi connectivity index (χ4v) is 2.58. The Hall–Kier alpha value is -1.62. The molecule has 0 spiro atoms. The molecule has 1 fully saturated rings. The van der Waals surface area contributed by atoms with Gasteiger partial charge >= 0.3 is 0 Å². The highest BCUT2D eigenvalue weighted by atomic mass is 19.1. The summed E-state index contributed by atoms with van der Waals surface area (Å²) in [5.41, 5.74) is 6.00. The van der Waals surface area contributed by atoms with Gasteiger partial charge in [0.25, 0.3) is 0 Å². The summed E-state index contributed by atoms with van der Waals surface area (Å²) < 4.78 is 13.1. The van der Waals surface area contributed by atoms with Gasteiger partial charge in [0.2, 0.25) is 5.91 Å². The molecule has 0 aliphatic heterocycles. The number of primary amides is 1. The molecule has 1 aromatic rings. The molecule has 1 aliphatic rings. The SMILES string of the molecule is NC(=O)C1CCC(NCc2cc(O)cc(F)c2)CC1. The summed E-state index contributed by atoms with van der Waals surface area (Å²) in [6, 6.07) is 4.36. The average Bonchev–Trinajstić information content (AvgIpc) is 2.36. The van der Waals surface area contributed by atoms with Crippen LogP contribution < -0.4 is 11.1 Å². The first-order valence-corrected chi connectivity index (χ1v) is 6.55. The van der Waals surface area contributed by atoms with Crippen LogP contribution >= 0.6 is 0 Å². The van der Waals surface area contributed by atoms with Crippen LogP contribution in [0.2, 0.25) is 0 Å². The third kappa shape index (κ3) is 3.92. The molecule has 1 amide bonds. The molecule has 4 nitrogen and oxygen atoms in total. The van der Waals surface area contributed by atoms with E-state index in [2.05, 4.69) is 5.32 Å². The third-order valence-corrected chi connectivity index (χ3v) is 3.67. The van der Waals surface area contributed by atoms with Crippen molar-refractivity contribution in [3.05, 3.63) is 29.6 Å². The van der Waals surface area contributed by atoms with Crippen LogP contribution in [0.4, 0.5) is 4.39 Å². The molecule has 0 unspecified atom stereocenters. The molecule has 104 valence electrons. The third-order valence-electron chi connectivity index (χ3n) is 3.67. The fraction of sp³-hybridized carbons (Fsp3) is 0.500. The highest BCUT2D eigenvalue weighted by Gasteiger charge is 2.24. The molecule has 0 radical (unpaired) electrons. The minimum Gasteiger partial charge on any atom is -0.508 e. The van der Waals surface area contributed by atoms with E-state index in [9.17, 15) is 14.3 Å². The number of hydrogen-bond donors (Lipinski definition) is 3. The summed E-state index contributed by atoms with van der Waals surface area (Å²) in [5, 5.41) is 12.6. The summed E-state index contributed by atoms with van der Waals surface area (Å²) in [6.45, 7) is 0.511. The number of carbonyl (C=O) groups excluding carboxylic acids is 1. The van der Waals surface area contributed by atoms with Crippen molar-refractivity contribution >= 4 is 5.91 Å². The van der Waals surface area contributed by atoms with E-state index in [1.807, 2.05) is 0 Å². The zero-order valence-electron chi connectivity index (χ0n) is 10.7. The molecular weight excluding hydrogens is 247 g/mol. The van der Waals surface area contributed by atoms with Crippen LogP contribution in [-0.2, 0) is 11.3 Å². The van der Waals surface area contributed by atoms with Gasteiger partial charge in [0.05, 0.1) is 0 Å². The highest BCUT2D eigenvalue weighted by Crippen LogP contribution is 2.24. The van der Waals surface area contributed by atoms with E-state index in [0.29, 0.717) is 12.6 Å². The summed E-state index contributed by atoms with van der Waals surface area (Å²) in [5.74, 6) is -0.715. The Balaban J connectivity index is 1.82. The maximum absolute atomic E-state index is 13.1. The summed E-state index contributed by atoms with van der Waals surface area (Å²) in [7, 11) is 0. The molecule has 5 heteroatoms. The van der Waals surface area contributed by atoms with Gasteiger partial charge in [-0.3, -0.25) is 4.79 Å². The molecular formula is C14H19FN2O2. The molecule has 0 atom stereocenters. The van der Waals surface area contributed by atoms with Gasteiger partial charge in [0, 0.05) is 24.6 Å². The van der Waals surface area contributed by atoms with Crippen molar-refractivity contribution in [2.24, 2.45) is 11.7 Å². The lowest BCUT2D eigenvalue weighted by atomic mass is 9.85. The maximum atomic E-state index is 13.1. The van der Waals surface area contributed by atoms with Gasteiger partial charge < -0.3 is 16.2 Å². The summed E-state index contributed by atoms with van der Waals surface area (Å²) in [6.07, 6.45) is 3.41. The maximum Gasteiger partial charge on any atom is 0.220 e. The van der Waals surface area contributed by atoms with Gasteiger partial charge in [-0.1, -0.05) is 0 Å². The van der Waals surface area contributed by atoms with Gasteiger partial charge in [-0.15, -0.1) is 0 Å². The van der Waals surface area contributed by atoms with Crippen LogP contribution in [0.25, 0.3) is 0 Å². The smallest absolute Gasteiger partial charge is 0.220 e. The molecule has 0 saturated heterocycles. The van der Waals surface area contributed by atoms with E-state index < -0.39 is 5.82 Å². The Bertz CT molecular complexity index is 437. The number of aromatic hydroxyl groups is 1. The van der Waals surface area contributed by atoms with Gasteiger partial charge in [0.15, 0.2) is 0 Å². The highest BCUT2D eigenvalue weighted by molar-refractivity contribution is 5.76. The lowest BCUT2D eigenvalue weighted by molar-refractivity contribution is -0.122. The van der Waals surface area contributed by atoms with E-state index >= 15 is 0 Å². The van der Waals surface area contributed by atoms with Crippen LogP contribution in [0.3, 0.4) is 0 Å². The van der Waals surface area contributed by atoms with Gasteiger partial charge in [0.1, 0.15) is 11.6 Å². The van der Waals surface area contributed by atoms with E-state index in [-0.39, 0.29) is 17.6 Å². The van der Waals surface area contributed by atoms with Crippen LogP contribution in [0.5, 0.6) is 5.75 Å². The molecule has 0 bridgehead atoms. The van der Waals surface area contributed by atoms with Crippen molar-refractivity contribution < 1.29 is 14.3 Å². The quantitative estimate of drug-likeness (QED) is 0.776. The number of hydrogen-bond acceptors (Lipinski definition) is 3. The normalized spacial score (nSPS) is 23.2. The van der Waals surface area contributed by atoms with Crippen LogP contribution in [0.15, 0.2) is 18.2 Å². The average molecular weight is 266 g/mol. The number of phenols is 1. The van der Waals surface area contributed by atoms with Crippen molar-refractivity contribution in [1.82, 2.24) is 5.32 Å². The second kappa shape index (κ2) is 6.02. The number of amides is 1. The van der Waals surface area contributed by atoms with Gasteiger partial charge in [-0.2, -0.15) is 0 Å². The Morgan fingerprint density at radius 2 is 2.00 bits per heavy atom. The minimum absolute atomic E-state index is 0.00346. The van der Waals surface area contributed by atoms with Gasteiger partial charge in [-0.25, -0.2) is 4.39 Å². The first kappa shape index (κ1) is 13.8. The molecule has 1 aromatic carbocycles. The molecule has 1 saturated carbocycles. The van der Waals surface area contributed by atoms with Crippen LogP contribution in [0, 0.1) is 11.7 Å². The number of nitrogens with two attached hydrogens (primary N) is 1. The van der Waals surface area contributed by atoms with Crippen molar-refractivity contribution in [2.45, 2.75) is 38.3 Å². The lowest BCUT2D eigenvalue weighted by Gasteiger charge is -2.27. The molecule has 2 rings (SSSR count). The second-order valence-corrected chi connectivity index (χ2v) is 5.15. The van der Waals surface area contributed by atoms with E-state index in [1.54, 1.807) is 6.07 Å². The predicted molar refractivity (Wildman–Crippen MR) is 69.8 cm³/mol. The van der Waals surface area contributed by atoms with Crippen molar-refractivity contribution in [1.29, 1.82) is 0 Å². The van der Waals surface area contributed by atoms with Crippen molar-refractivity contribution in [3.8, 4) is 5.75 Å². The fourth-order valence-electron chi connectivity index (χ4n) is 2.58. The second-order valence-electron chi connectivity index (χ2n) is 5.15. The Kier molecular flexibility index (Phi) is 4.37. The summed E-state index contributed by atoms with van der Waals surface area (Å²) in [4.78, 5) is 11.0. The largest absolute Gasteiger partial charge is 0.508 e. The molecule has 19 heavy (non-hydrogen) atoms. The number of benzene rings is 1. The van der Waals surface area contributed by atoms with Crippen molar-refractivity contribution in [3.63, 3.8) is 0 Å². The number of phenolic OH excluding ortho intramolecular Hbond substituents is 1. The van der Waals surface area contributed by atoms with E-state index in [1.165, 1.54) is 6.07 Å². The predicted octanol–water partition coefficient (Wildman–Crippen LogP) is 1.66. The number of carbonyl (C=O) groups is 1. The minimum atomic E-state index is -0.436. The molecule has 4 N–H and O–H groups in total. The van der Waals surface area contributed by atoms with Crippen molar-refractivity contribution in [2.75, 3.05) is 0 Å². The van der Waals surface area contributed by atoms with Crippen LogP contribution in [0.1, 0.15) is 31.2 Å². The summed E-state index contributed by atoms with van der Waals surface area (Å²) >= 11 is 0. The Morgan fingerprint density at radius 3 is 2.58 bits per heavy atom. The molecule has 0 heterocycles. The molecule has 1 aliphatic carbocycles. The number of nitrogens with one attached hydrogen (secondary N) is 1. The van der Waals surface area contributed by atoms with Crippen LogP contribution in [-0.4, -0.2) is 17.1 Å². The molecule has 0 aromatic heterocycles. The number of halogens is 1. The number of rotatable bonds is 4. The first-order valence-electron chi connectivity index (χ1n) is 6.55. The van der Waals surface area contributed by atoms with Gasteiger partial charge in [-0.05, 0) is 43.4 Å².